The third kappa shape index (κ3) is 5.39. The maximum atomic E-state index is 14.2. The molecule has 0 spiro atoms. The van der Waals surface area contributed by atoms with Gasteiger partial charge >= 0.3 is 5.97 Å². The number of carbonyl (C=O) groups excluding carboxylic acids is 1. The van der Waals surface area contributed by atoms with Crippen LogP contribution in [0.5, 0.6) is 5.75 Å². The van der Waals surface area contributed by atoms with Gasteiger partial charge in [0.2, 0.25) is 10.0 Å². The molecule has 1 fully saturated rings. The number of nitrogens with zero attached hydrogens (tertiary/aromatic N) is 3. The molecule has 194 valence electrons. The standard InChI is InChI=1S/C26H32FN3O5S/c1-16(2)34-20-7-9-21(10-8-20)36(32,33)29-14-18(5)25(15-29)30-24-12-19(27)6-11-22(24)23(28-30)13-26(31)35-17(3)4/h6-12,16-18,25H,13-15H2,1-5H3/t18-,25-/m0/s1. The summed E-state index contributed by atoms with van der Waals surface area (Å²) < 4.78 is 55.0. The Hall–Kier alpha value is -2.98. The average Bonchev–Trinajstić information content (AvgIpc) is 3.33. The second kappa shape index (κ2) is 10.2. The van der Waals surface area contributed by atoms with E-state index in [1.807, 2.05) is 20.8 Å². The minimum Gasteiger partial charge on any atom is -0.491 e. The molecule has 4 rings (SSSR count). The highest BCUT2D eigenvalue weighted by atomic mass is 32.2. The highest BCUT2D eigenvalue weighted by Gasteiger charge is 2.39. The van der Waals surface area contributed by atoms with E-state index in [4.69, 9.17) is 9.47 Å². The van der Waals surface area contributed by atoms with Crippen molar-refractivity contribution < 1.29 is 27.1 Å². The minimum atomic E-state index is -3.76. The van der Waals surface area contributed by atoms with Gasteiger partial charge in [-0.15, -0.1) is 0 Å². The van der Waals surface area contributed by atoms with E-state index in [1.54, 1.807) is 48.9 Å². The fraction of sp³-hybridized carbons (Fsp3) is 0.462. The van der Waals surface area contributed by atoms with E-state index in [2.05, 4.69) is 5.10 Å². The van der Waals surface area contributed by atoms with Gasteiger partial charge in [0.1, 0.15) is 11.6 Å². The number of carbonyl (C=O) groups is 1. The van der Waals surface area contributed by atoms with Gasteiger partial charge in [0.05, 0.1) is 40.8 Å². The number of fused-ring (bicyclic) bond motifs is 1. The molecule has 2 heterocycles. The summed E-state index contributed by atoms with van der Waals surface area (Å²) in [6.45, 7) is 9.75. The number of benzene rings is 2. The highest BCUT2D eigenvalue weighted by molar-refractivity contribution is 7.89. The van der Waals surface area contributed by atoms with Gasteiger partial charge in [-0.05, 0) is 76.1 Å². The van der Waals surface area contributed by atoms with Gasteiger partial charge in [-0.1, -0.05) is 6.92 Å². The summed E-state index contributed by atoms with van der Waals surface area (Å²) in [5.74, 6) is -0.344. The number of aromatic nitrogens is 2. The number of rotatable bonds is 8. The molecule has 36 heavy (non-hydrogen) atoms. The first-order valence-corrected chi connectivity index (χ1v) is 13.5. The third-order valence-corrected chi connectivity index (χ3v) is 7.96. The number of hydrogen-bond acceptors (Lipinski definition) is 6. The predicted octanol–water partition coefficient (Wildman–Crippen LogP) is 4.34. The molecule has 1 aliphatic rings. The molecule has 1 aliphatic heterocycles. The average molecular weight is 518 g/mol. The Morgan fingerprint density at radius 1 is 1.08 bits per heavy atom. The zero-order valence-corrected chi connectivity index (χ0v) is 22.0. The van der Waals surface area contributed by atoms with Crippen LogP contribution in [-0.4, -0.2) is 53.8 Å². The number of halogens is 1. The SMILES string of the molecule is CC(C)OC(=O)Cc1nn([C@H]2CN(S(=O)(=O)c3ccc(OC(C)C)cc3)C[C@@H]2C)c2cc(F)ccc12. The predicted molar refractivity (Wildman–Crippen MR) is 134 cm³/mol. The number of hydrogen-bond donors (Lipinski definition) is 0. The van der Waals surface area contributed by atoms with Crippen LogP contribution >= 0.6 is 0 Å². The van der Waals surface area contributed by atoms with Gasteiger partial charge in [-0.3, -0.25) is 9.48 Å². The molecule has 0 aliphatic carbocycles. The molecule has 1 saturated heterocycles. The van der Waals surface area contributed by atoms with Crippen molar-refractivity contribution in [3.63, 3.8) is 0 Å². The summed E-state index contributed by atoms with van der Waals surface area (Å²) >= 11 is 0. The largest absolute Gasteiger partial charge is 0.491 e. The van der Waals surface area contributed by atoms with E-state index in [1.165, 1.54) is 16.4 Å². The maximum Gasteiger partial charge on any atom is 0.312 e. The Bertz CT molecular complexity index is 1350. The Morgan fingerprint density at radius 2 is 1.78 bits per heavy atom. The lowest BCUT2D eigenvalue weighted by Crippen LogP contribution is -2.29. The Morgan fingerprint density at radius 3 is 2.42 bits per heavy atom. The van der Waals surface area contributed by atoms with Gasteiger partial charge in [0.25, 0.3) is 0 Å². The Balaban J connectivity index is 1.62. The molecule has 0 bridgehead atoms. The molecule has 0 radical (unpaired) electrons. The summed E-state index contributed by atoms with van der Waals surface area (Å²) in [7, 11) is -3.76. The van der Waals surface area contributed by atoms with Crippen LogP contribution in [0.25, 0.3) is 10.9 Å². The molecule has 8 nitrogen and oxygen atoms in total. The molecule has 3 aromatic rings. The zero-order valence-electron chi connectivity index (χ0n) is 21.1. The first kappa shape index (κ1) is 26.1. The molecule has 0 unspecified atom stereocenters. The van der Waals surface area contributed by atoms with Crippen molar-refractivity contribution in [3.05, 3.63) is 54.0 Å². The van der Waals surface area contributed by atoms with E-state index >= 15 is 0 Å². The lowest BCUT2D eigenvalue weighted by molar-refractivity contribution is -0.146. The molecular weight excluding hydrogens is 485 g/mol. The number of ether oxygens (including phenoxy) is 2. The van der Waals surface area contributed by atoms with Crippen molar-refractivity contribution in [2.75, 3.05) is 13.1 Å². The number of esters is 1. The molecule has 0 N–H and O–H groups in total. The van der Waals surface area contributed by atoms with Crippen molar-refractivity contribution in [2.45, 2.75) is 64.2 Å². The lowest BCUT2D eigenvalue weighted by Gasteiger charge is -2.18. The second-order valence-electron chi connectivity index (χ2n) is 9.77. The summed E-state index contributed by atoms with van der Waals surface area (Å²) in [6, 6.07) is 10.4. The van der Waals surface area contributed by atoms with Gasteiger partial charge in [-0.2, -0.15) is 9.40 Å². The highest BCUT2D eigenvalue weighted by Crippen LogP contribution is 2.35. The summed E-state index contributed by atoms with van der Waals surface area (Å²) in [5.41, 5.74) is 0.999. The monoisotopic (exact) mass is 517 g/mol. The van der Waals surface area contributed by atoms with Gasteiger partial charge in [-0.25, -0.2) is 12.8 Å². The van der Waals surface area contributed by atoms with Crippen LogP contribution in [0, 0.1) is 11.7 Å². The molecule has 2 aromatic carbocycles. The van der Waals surface area contributed by atoms with Crippen molar-refractivity contribution in [1.82, 2.24) is 14.1 Å². The lowest BCUT2D eigenvalue weighted by atomic mass is 10.1. The van der Waals surface area contributed by atoms with E-state index in [-0.39, 0.29) is 42.0 Å². The van der Waals surface area contributed by atoms with Crippen LogP contribution < -0.4 is 4.74 Å². The van der Waals surface area contributed by atoms with E-state index in [0.29, 0.717) is 28.9 Å². The fourth-order valence-corrected chi connectivity index (χ4v) is 6.09. The molecule has 2 atom stereocenters. The smallest absolute Gasteiger partial charge is 0.312 e. The zero-order chi connectivity index (χ0) is 26.2. The topological polar surface area (TPSA) is 90.7 Å². The summed E-state index contributed by atoms with van der Waals surface area (Å²) in [6.07, 6.45) is -0.331. The van der Waals surface area contributed by atoms with Crippen molar-refractivity contribution in [2.24, 2.45) is 5.92 Å². The molecular formula is C26H32FN3O5S. The first-order chi connectivity index (χ1) is 17.0. The Labute approximate surface area is 211 Å². The van der Waals surface area contributed by atoms with E-state index < -0.39 is 21.8 Å². The van der Waals surface area contributed by atoms with E-state index in [9.17, 15) is 17.6 Å². The summed E-state index contributed by atoms with van der Waals surface area (Å²) in [4.78, 5) is 12.5. The van der Waals surface area contributed by atoms with Crippen molar-refractivity contribution in [1.29, 1.82) is 0 Å². The quantitative estimate of drug-likeness (QED) is 0.413. The van der Waals surface area contributed by atoms with Crippen LogP contribution in [0.1, 0.15) is 46.4 Å². The normalized spacial score (nSPS) is 18.9. The van der Waals surface area contributed by atoms with Gasteiger partial charge in [0.15, 0.2) is 0 Å². The summed E-state index contributed by atoms with van der Waals surface area (Å²) in [5, 5.41) is 5.29. The van der Waals surface area contributed by atoms with Crippen LogP contribution in [0.2, 0.25) is 0 Å². The molecule has 0 amide bonds. The number of sulfonamides is 1. The molecule has 10 heteroatoms. The van der Waals surface area contributed by atoms with Gasteiger partial charge in [0, 0.05) is 18.5 Å². The minimum absolute atomic E-state index is 0.0153. The molecule has 1 aromatic heterocycles. The third-order valence-electron chi connectivity index (χ3n) is 6.11. The second-order valence-corrected chi connectivity index (χ2v) is 11.7. The fourth-order valence-electron chi connectivity index (χ4n) is 4.53. The van der Waals surface area contributed by atoms with Gasteiger partial charge < -0.3 is 9.47 Å². The van der Waals surface area contributed by atoms with Crippen molar-refractivity contribution >= 4 is 26.9 Å². The van der Waals surface area contributed by atoms with Crippen LogP contribution in [0.15, 0.2) is 47.4 Å². The van der Waals surface area contributed by atoms with Crippen LogP contribution in [0.3, 0.4) is 0 Å². The van der Waals surface area contributed by atoms with E-state index in [0.717, 1.165) is 0 Å². The first-order valence-electron chi connectivity index (χ1n) is 12.1. The van der Waals surface area contributed by atoms with Crippen molar-refractivity contribution in [3.8, 4) is 5.75 Å². The van der Waals surface area contributed by atoms with Crippen LogP contribution in [-0.2, 0) is 26.0 Å². The Kier molecular flexibility index (Phi) is 7.38. The maximum absolute atomic E-state index is 14.2. The van der Waals surface area contributed by atoms with Crippen LogP contribution in [0.4, 0.5) is 4.39 Å². The molecule has 0 saturated carbocycles.